The molecule has 128 valence electrons. The molecule has 3 unspecified atom stereocenters. The number of hydrogen-bond donors (Lipinski definition) is 0. The Balaban J connectivity index is 1.62. The van der Waals surface area contributed by atoms with E-state index in [4.69, 9.17) is 0 Å². The fourth-order valence-corrected chi connectivity index (χ4v) is 5.71. The number of Topliss-reactive ketones (excluding diaryl/α,β-unsaturated/α-hetero) is 1. The predicted octanol–water partition coefficient (Wildman–Crippen LogP) is 4.40. The Hall–Kier alpha value is -1.93. The van der Waals surface area contributed by atoms with Crippen molar-refractivity contribution < 1.29 is 4.79 Å². The molecule has 0 saturated carbocycles. The van der Waals surface area contributed by atoms with Gasteiger partial charge in [-0.2, -0.15) is 0 Å². The van der Waals surface area contributed by atoms with Gasteiger partial charge in [-0.15, -0.1) is 0 Å². The number of hydrogen-bond acceptors (Lipinski definition) is 2. The smallest absolute Gasteiger partial charge is 0.154 e. The van der Waals surface area contributed by atoms with E-state index in [1.54, 1.807) is 0 Å². The van der Waals surface area contributed by atoms with Gasteiger partial charge >= 0.3 is 0 Å². The minimum Gasteiger partial charge on any atom is -0.298 e. The van der Waals surface area contributed by atoms with E-state index in [1.807, 2.05) is 0 Å². The molecule has 0 N–H and O–H groups in total. The molecule has 4 heterocycles. The topological polar surface area (TPSA) is 20.3 Å². The fourth-order valence-electron chi connectivity index (χ4n) is 5.71. The van der Waals surface area contributed by atoms with Crippen molar-refractivity contribution in [3.63, 3.8) is 0 Å². The Morgan fingerprint density at radius 2 is 1.32 bits per heavy atom. The van der Waals surface area contributed by atoms with Crippen LogP contribution in [-0.2, 0) is 4.79 Å². The van der Waals surface area contributed by atoms with Gasteiger partial charge in [0.25, 0.3) is 0 Å². The van der Waals surface area contributed by atoms with E-state index in [9.17, 15) is 4.79 Å². The molecular weight excluding hydrogens is 306 g/mol. The highest BCUT2D eigenvalue weighted by Gasteiger charge is 2.54. The molecule has 0 amide bonds. The van der Waals surface area contributed by atoms with Crippen molar-refractivity contribution in [1.29, 1.82) is 0 Å². The number of fused-ring (bicyclic) bond motifs is 1. The summed E-state index contributed by atoms with van der Waals surface area (Å²) in [4.78, 5) is 16.0. The minimum atomic E-state index is 0.0209. The Morgan fingerprint density at radius 3 is 1.84 bits per heavy atom. The Kier molecular flexibility index (Phi) is 3.74. The lowest BCUT2D eigenvalue weighted by Gasteiger charge is -2.58. The van der Waals surface area contributed by atoms with Gasteiger partial charge in [-0.1, -0.05) is 67.1 Å². The van der Waals surface area contributed by atoms with Gasteiger partial charge < -0.3 is 0 Å². The second-order valence-electron chi connectivity index (χ2n) is 8.00. The highest BCUT2D eigenvalue weighted by molar-refractivity contribution is 5.90. The molecular formula is C23H25NO. The van der Waals surface area contributed by atoms with Crippen LogP contribution in [0.1, 0.15) is 49.1 Å². The SMILES string of the molecule is O=C1C2C[C@H]3CCC[C@@H](C2)N3C1C(c1ccccc1)c1ccccc1. The van der Waals surface area contributed by atoms with Gasteiger partial charge in [-0.3, -0.25) is 9.69 Å². The third kappa shape index (κ3) is 2.46. The zero-order valence-electron chi connectivity index (χ0n) is 14.6. The van der Waals surface area contributed by atoms with Gasteiger partial charge in [-0.25, -0.2) is 0 Å². The van der Waals surface area contributed by atoms with Gasteiger partial charge in [0, 0.05) is 23.9 Å². The average molecular weight is 331 g/mol. The molecule has 25 heavy (non-hydrogen) atoms. The van der Waals surface area contributed by atoms with E-state index < -0.39 is 0 Å². The third-order valence-corrected chi connectivity index (χ3v) is 6.68. The summed E-state index contributed by atoms with van der Waals surface area (Å²) in [6, 6.07) is 22.6. The third-order valence-electron chi connectivity index (χ3n) is 6.68. The highest BCUT2D eigenvalue weighted by atomic mass is 16.1. The molecule has 2 aromatic carbocycles. The van der Waals surface area contributed by atoms with Crippen LogP contribution in [-0.4, -0.2) is 28.8 Å². The minimum absolute atomic E-state index is 0.0209. The van der Waals surface area contributed by atoms with Crippen LogP contribution >= 0.6 is 0 Å². The number of nitrogens with zero attached hydrogens (tertiary/aromatic N) is 1. The molecule has 5 atom stereocenters. The number of carbonyl (C=O) groups excluding carboxylic acids is 1. The van der Waals surface area contributed by atoms with E-state index >= 15 is 0 Å². The Labute approximate surface area is 149 Å². The lowest BCUT2D eigenvalue weighted by atomic mass is 9.65. The maximum absolute atomic E-state index is 13.4. The van der Waals surface area contributed by atoms with E-state index in [1.165, 1.54) is 30.4 Å². The largest absolute Gasteiger partial charge is 0.298 e. The van der Waals surface area contributed by atoms with Crippen LogP contribution in [0.4, 0.5) is 0 Å². The lowest BCUT2D eigenvalue weighted by Crippen LogP contribution is -2.67. The van der Waals surface area contributed by atoms with Crippen LogP contribution in [0.5, 0.6) is 0 Å². The van der Waals surface area contributed by atoms with Crippen molar-refractivity contribution in [1.82, 2.24) is 4.90 Å². The molecule has 4 bridgehead atoms. The number of piperidine rings is 4. The van der Waals surface area contributed by atoms with Gasteiger partial charge in [0.05, 0.1) is 6.04 Å². The van der Waals surface area contributed by atoms with Crippen LogP contribution in [0.2, 0.25) is 0 Å². The molecule has 4 aliphatic heterocycles. The quantitative estimate of drug-likeness (QED) is 0.831. The number of rotatable bonds is 3. The van der Waals surface area contributed by atoms with Gasteiger partial charge in [-0.05, 0) is 36.8 Å². The summed E-state index contributed by atoms with van der Waals surface area (Å²) in [6.07, 6.45) is 6.07. The van der Waals surface area contributed by atoms with Crippen molar-refractivity contribution >= 4 is 5.78 Å². The number of carbonyl (C=O) groups is 1. The number of ketones is 1. The summed E-state index contributed by atoms with van der Waals surface area (Å²) >= 11 is 0. The first kappa shape index (κ1) is 15.3. The van der Waals surface area contributed by atoms with Crippen molar-refractivity contribution in [3.8, 4) is 0 Å². The molecule has 4 aliphatic rings. The predicted molar refractivity (Wildman–Crippen MR) is 99.5 cm³/mol. The van der Waals surface area contributed by atoms with Crippen molar-refractivity contribution in [2.24, 2.45) is 5.92 Å². The monoisotopic (exact) mass is 331 g/mol. The number of benzene rings is 2. The first-order chi connectivity index (χ1) is 12.3. The van der Waals surface area contributed by atoms with Crippen molar-refractivity contribution in [2.75, 3.05) is 0 Å². The summed E-state index contributed by atoms with van der Waals surface area (Å²) in [7, 11) is 0. The summed E-state index contributed by atoms with van der Waals surface area (Å²) in [5.41, 5.74) is 2.55. The maximum Gasteiger partial charge on any atom is 0.154 e. The maximum atomic E-state index is 13.4. The van der Waals surface area contributed by atoms with E-state index in [-0.39, 0.29) is 12.0 Å². The van der Waals surface area contributed by atoms with Crippen LogP contribution in [0.3, 0.4) is 0 Å². The summed E-state index contributed by atoms with van der Waals surface area (Å²) < 4.78 is 0. The van der Waals surface area contributed by atoms with Crippen molar-refractivity contribution in [2.45, 2.75) is 56.1 Å². The van der Waals surface area contributed by atoms with E-state index in [2.05, 4.69) is 65.6 Å². The first-order valence-corrected chi connectivity index (χ1v) is 9.74. The Morgan fingerprint density at radius 1 is 0.800 bits per heavy atom. The van der Waals surface area contributed by atoms with E-state index in [0.717, 1.165) is 12.8 Å². The van der Waals surface area contributed by atoms with Crippen molar-refractivity contribution in [3.05, 3.63) is 71.8 Å². The fraction of sp³-hybridized carbons (Fsp3) is 0.435. The van der Waals surface area contributed by atoms with Crippen LogP contribution in [0.15, 0.2) is 60.7 Å². The second-order valence-corrected chi connectivity index (χ2v) is 8.00. The molecule has 2 heteroatoms. The molecule has 4 fully saturated rings. The molecule has 4 saturated heterocycles. The molecule has 0 radical (unpaired) electrons. The van der Waals surface area contributed by atoms with Gasteiger partial charge in [0.15, 0.2) is 5.78 Å². The summed E-state index contributed by atoms with van der Waals surface area (Å²) in [5.74, 6) is 0.938. The highest BCUT2D eigenvalue weighted by Crippen LogP contribution is 2.48. The van der Waals surface area contributed by atoms with E-state index in [0.29, 0.717) is 23.8 Å². The standard InChI is InChI=1S/C23H25NO/c25-23-18-14-19-12-7-13-20(15-18)24(19)22(23)21(16-8-3-1-4-9-16)17-10-5-2-6-11-17/h1-6,8-11,18-22H,7,12-15H2/t18?,19-,20+,22?. The summed E-state index contributed by atoms with van der Waals surface area (Å²) in [6.45, 7) is 0. The van der Waals surface area contributed by atoms with Crippen LogP contribution in [0, 0.1) is 5.92 Å². The zero-order valence-corrected chi connectivity index (χ0v) is 14.6. The summed E-state index contributed by atoms with van der Waals surface area (Å²) in [5, 5.41) is 0. The second kappa shape index (κ2) is 6.10. The average Bonchev–Trinajstić information content (AvgIpc) is 2.65. The van der Waals surface area contributed by atoms with Crippen LogP contribution in [0.25, 0.3) is 0 Å². The van der Waals surface area contributed by atoms with Gasteiger partial charge in [0.1, 0.15) is 0 Å². The van der Waals surface area contributed by atoms with Crippen LogP contribution < -0.4 is 0 Å². The normalized spacial score (nSPS) is 33.6. The molecule has 2 nitrogen and oxygen atoms in total. The molecule has 2 aromatic rings. The molecule has 0 aromatic heterocycles. The molecule has 6 rings (SSSR count). The van der Waals surface area contributed by atoms with Gasteiger partial charge in [0.2, 0.25) is 0 Å². The zero-order chi connectivity index (χ0) is 16.8. The molecule has 0 spiro atoms. The first-order valence-electron chi connectivity index (χ1n) is 9.74. The molecule has 0 aliphatic carbocycles. The lowest BCUT2D eigenvalue weighted by molar-refractivity contribution is -0.151. The Bertz CT molecular complexity index is 703.